The summed E-state index contributed by atoms with van der Waals surface area (Å²) in [5.41, 5.74) is 5.58. The van der Waals surface area contributed by atoms with E-state index in [0.29, 0.717) is 36.8 Å². The average molecular weight is 536 g/mol. The van der Waals surface area contributed by atoms with Crippen LogP contribution in [0.4, 0.5) is 23.4 Å². The molecule has 1 saturated heterocycles. The van der Waals surface area contributed by atoms with E-state index in [-0.39, 0.29) is 75.6 Å². The normalized spacial score (nSPS) is 15.2. The second kappa shape index (κ2) is 11.5. The van der Waals surface area contributed by atoms with E-state index >= 15 is 0 Å². The number of hydrogen-bond donors (Lipinski definition) is 1. The van der Waals surface area contributed by atoms with Gasteiger partial charge in [0.1, 0.15) is 6.61 Å². The Balaban J connectivity index is 0.00000304. The SMILES string of the molecule is O=C(OCC1c2ccccc2-c2ccccc21)N1CCN(c2cc(S)cc(C[B-](F)(F)F)c2)CC1.[K+]. The van der Waals surface area contributed by atoms with Crippen molar-refractivity contribution in [3.63, 3.8) is 0 Å². The van der Waals surface area contributed by atoms with Gasteiger partial charge in [-0.2, -0.15) is 0 Å². The Morgan fingerprint density at radius 3 is 2.08 bits per heavy atom. The summed E-state index contributed by atoms with van der Waals surface area (Å²) >= 11 is 4.28. The van der Waals surface area contributed by atoms with Crippen LogP contribution in [0.3, 0.4) is 0 Å². The maximum absolute atomic E-state index is 12.9. The van der Waals surface area contributed by atoms with Gasteiger partial charge < -0.3 is 27.5 Å². The fourth-order valence-corrected chi connectivity index (χ4v) is 5.35. The van der Waals surface area contributed by atoms with E-state index in [4.69, 9.17) is 4.74 Å². The van der Waals surface area contributed by atoms with Gasteiger partial charge in [0.25, 0.3) is 0 Å². The van der Waals surface area contributed by atoms with Crippen molar-refractivity contribution in [1.29, 1.82) is 0 Å². The average Bonchev–Trinajstić information content (AvgIpc) is 3.15. The van der Waals surface area contributed by atoms with E-state index in [9.17, 15) is 17.7 Å². The molecule has 36 heavy (non-hydrogen) atoms. The quantitative estimate of drug-likeness (QED) is 0.402. The third kappa shape index (κ3) is 6.16. The molecule has 0 spiro atoms. The molecular weight excluding hydrogens is 511 g/mol. The number of hydrogen-bond acceptors (Lipinski definition) is 4. The molecule has 1 aliphatic carbocycles. The molecule has 2 aliphatic rings. The fraction of sp³-hybridized carbons (Fsp3) is 0.269. The Kier molecular flexibility index (Phi) is 8.84. The van der Waals surface area contributed by atoms with Gasteiger partial charge in [-0.1, -0.05) is 60.4 Å². The predicted octanol–water partition coefficient (Wildman–Crippen LogP) is 2.98. The smallest absolute Gasteiger partial charge is 0.449 e. The molecule has 0 bridgehead atoms. The van der Waals surface area contributed by atoms with Crippen LogP contribution in [0.2, 0.25) is 0 Å². The maximum Gasteiger partial charge on any atom is 1.00 e. The largest absolute Gasteiger partial charge is 1.00 e. The molecule has 5 rings (SSSR count). The zero-order valence-corrected chi connectivity index (χ0v) is 24.1. The first-order chi connectivity index (χ1) is 16.8. The summed E-state index contributed by atoms with van der Waals surface area (Å²) in [7, 11) is 0. The Bertz CT molecular complexity index is 1210. The van der Waals surface area contributed by atoms with Gasteiger partial charge in [0.05, 0.1) is 0 Å². The number of benzene rings is 3. The summed E-state index contributed by atoms with van der Waals surface area (Å²) in [4.78, 5) is 17.0. The third-order valence-corrected chi connectivity index (χ3v) is 6.93. The number of piperazine rings is 1. The number of carbonyl (C=O) groups is 1. The fourth-order valence-electron chi connectivity index (χ4n) is 5.06. The summed E-state index contributed by atoms with van der Waals surface area (Å²) in [6.45, 7) is -2.76. The molecule has 1 fully saturated rings. The molecule has 1 amide bonds. The minimum absolute atomic E-state index is 0. The van der Waals surface area contributed by atoms with Crippen molar-refractivity contribution in [3.8, 4) is 11.1 Å². The monoisotopic (exact) mass is 536 g/mol. The molecule has 3 aromatic rings. The minimum Gasteiger partial charge on any atom is -0.449 e. The van der Waals surface area contributed by atoms with E-state index < -0.39 is 13.3 Å². The van der Waals surface area contributed by atoms with E-state index in [0.717, 1.165) is 11.1 Å². The van der Waals surface area contributed by atoms with Gasteiger partial charge in [-0.15, -0.1) is 12.6 Å². The van der Waals surface area contributed by atoms with E-state index in [1.807, 2.05) is 29.2 Å². The molecule has 182 valence electrons. The summed E-state index contributed by atoms with van der Waals surface area (Å²) < 4.78 is 44.5. The number of carbonyl (C=O) groups excluding carboxylic acids is 1. The minimum atomic E-state index is -4.92. The Labute approximate surface area is 257 Å². The molecule has 0 saturated carbocycles. The molecule has 0 atom stereocenters. The first-order valence-electron chi connectivity index (χ1n) is 11.7. The van der Waals surface area contributed by atoms with Crippen LogP contribution < -0.4 is 56.3 Å². The number of ether oxygens (including phenoxy) is 1. The van der Waals surface area contributed by atoms with Crippen molar-refractivity contribution < 1.29 is 73.9 Å². The van der Waals surface area contributed by atoms with Crippen molar-refractivity contribution in [2.24, 2.45) is 0 Å². The summed E-state index contributed by atoms with van der Waals surface area (Å²) in [5, 5.41) is 0. The standard InChI is InChI=1S/C26H25BF3N2O2S.K/c28-27(29,30)16-18-13-19(15-20(35)14-18)31-9-11-32(12-10-31)26(33)34-17-25-23-7-3-1-5-21(23)22-6-2-4-8-24(22)25;/h1-8,13-15,25,35H,9-12,16-17H2;/q-1;+1. The van der Waals surface area contributed by atoms with Crippen LogP contribution in [-0.4, -0.2) is 50.8 Å². The van der Waals surface area contributed by atoms with Crippen LogP contribution in [0.1, 0.15) is 22.6 Å². The van der Waals surface area contributed by atoms with Crippen LogP contribution in [0.15, 0.2) is 71.6 Å². The first kappa shape index (κ1) is 27.6. The van der Waals surface area contributed by atoms with Gasteiger partial charge >= 0.3 is 64.5 Å². The summed E-state index contributed by atoms with van der Waals surface area (Å²) in [6, 6.07) is 21.2. The van der Waals surface area contributed by atoms with Gasteiger partial charge in [-0.25, -0.2) is 4.79 Å². The second-order valence-electron chi connectivity index (χ2n) is 9.05. The summed E-state index contributed by atoms with van der Waals surface area (Å²) in [6.07, 6.45) is -1.30. The second-order valence-corrected chi connectivity index (χ2v) is 9.57. The van der Waals surface area contributed by atoms with Crippen molar-refractivity contribution >= 4 is 31.4 Å². The number of anilines is 1. The third-order valence-electron chi connectivity index (χ3n) is 6.67. The number of thiol groups is 1. The zero-order chi connectivity index (χ0) is 24.6. The van der Waals surface area contributed by atoms with E-state index in [1.54, 1.807) is 17.0 Å². The van der Waals surface area contributed by atoms with Crippen LogP contribution in [0.25, 0.3) is 11.1 Å². The van der Waals surface area contributed by atoms with Crippen LogP contribution in [0.5, 0.6) is 0 Å². The van der Waals surface area contributed by atoms with Gasteiger partial charge in [-0.3, -0.25) is 0 Å². The van der Waals surface area contributed by atoms with E-state index in [2.05, 4.69) is 36.9 Å². The molecule has 0 aromatic heterocycles. The number of rotatable bonds is 5. The van der Waals surface area contributed by atoms with Gasteiger partial charge in [0.15, 0.2) is 0 Å². The molecule has 3 aromatic carbocycles. The van der Waals surface area contributed by atoms with Gasteiger partial charge in [-0.05, 0) is 40.5 Å². The van der Waals surface area contributed by atoms with Crippen LogP contribution >= 0.6 is 12.6 Å². The van der Waals surface area contributed by atoms with Crippen molar-refractivity contribution in [2.75, 3.05) is 37.7 Å². The summed E-state index contributed by atoms with van der Waals surface area (Å²) in [5.74, 6) is -0.000539. The van der Waals surface area contributed by atoms with Gasteiger partial charge in [0, 0.05) is 42.7 Å². The Morgan fingerprint density at radius 1 is 0.917 bits per heavy atom. The van der Waals surface area contributed by atoms with Crippen LogP contribution in [-0.2, 0) is 11.1 Å². The predicted molar refractivity (Wildman–Crippen MR) is 135 cm³/mol. The molecule has 0 unspecified atom stereocenters. The number of fused-ring (bicyclic) bond motifs is 3. The molecule has 0 radical (unpaired) electrons. The zero-order valence-electron chi connectivity index (χ0n) is 20.0. The molecule has 0 N–H and O–H groups in total. The van der Waals surface area contributed by atoms with E-state index in [1.165, 1.54) is 17.2 Å². The Hall–Kier alpha value is -1.43. The molecule has 10 heteroatoms. The molecular formula is C26H25BF3KN2O2S. The molecule has 1 heterocycles. The maximum atomic E-state index is 12.9. The number of nitrogens with zero attached hydrogens (tertiary/aromatic N) is 2. The number of halogens is 3. The van der Waals surface area contributed by atoms with Crippen molar-refractivity contribution in [1.82, 2.24) is 4.90 Å². The topological polar surface area (TPSA) is 32.8 Å². The van der Waals surface area contributed by atoms with Crippen molar-refractivity contribution in [3.05, 3.63) is 83.4 Å². The Morgan fingerprint density at radius 2 is 1.50 bits per heavy atom. The first-order valence-corrected chi connectivity index (χ1v) is 12.1. The van der Waals surface area contributed by atoms with Gasteiger partial charge in [0.2, 0.25) is 0 Å². The molecule has 4 nitrogen and oxygen atoms in total. The van der Waals surface area contributed by atoms with Crippen molar-refractivity contribution in [2.45, 2.75) is 17.1 Å². The van der Waals surface area contributed by atoms with Crippen LogP contribution in [0, 0.1) is 0 Å². The number of amides is 1. The molecule has 1 aliphatic heterocycles.